The zero-order chi connectivity index (χ0) is 14.8. The average molecular weight is 284 g/mol. The van der Waals surface area contributed by atoms with Gasteiger partial charge in [0.2, 0.25) is 0 Å². The summed E-state index contributed by atoms with van der Waals surface area (Å²) < 4.78 is 0. The first-order valence-corrected chi connectivity index (χ1v) is 7.32. The fourth-order valence-corrected chi connectivity index (χ4v) is 2.82. The standard InChI is InChI=1S/C16H20N4O/c1-10-14(16(21)19-13-8-7-12(17)9-13)20-15(18-10)11-5-3-2-4-6-11/h2-6,12-13H,7-9,17H2,1H3,(H,18,20)(H,19,21)/t12-,13-/m1/s1. The van der Waals surface area contributed by atoms with E-state index in [1.54, 1.807) is 0 Å². The maximum atomic E-state index is 12.3. The monoisotopic (exact) mass is 284 g/mol. The maximum absolute atomic E-state index is 12.3. The highest BCUT2D eigenvalue weighted by atomic mass is 16.2. The van der Waals surface area contributed by atoms with Gasteiger partial charge in [0.15, 0.2) is 0 Å². The maximum Gasteiger partial charge on any atom is 0.271 e. The van der Waals surface area contributed by atoms with Gasteiger partial charge in [0.25, 0.3) is 5.91 Å². The van der Waals surface area contributed by atoms with Gasteiger partial charge in [-0.05, 0) is 26.2 Å². The Bertz CT molecular complexity index is 635. The Morgan fingerprint density at radius 2 is 2.10 bits per heavy atom. The molecule has 21 heavy (non-hydrogen) atoms. The van der Waals surface area contributed by atoms with Crippen LogP contribution in [0.25, 0.3) is 11.4 Å². The quantitative estimate of drug-likeness (QED) is 0.806. The van der Waals surface area contributed by atoms with E-state index >= 15 is 0 Å². The van der Waals surface area contributed by atoms with Gasteiger partial charge < -0.3 is 16.0 Å². The molecule has 0 spiro atoms. The largest absolute Gasteiger partial charge is 0.348 e. The van der Waals surface area contributed by atoms with Gasteiger partial charge in [-0.3, -0.25) is 4.79 Å². The molecule has 2 atom stereocenters. The minimum Gasteiger partial charge on any atom is -0.348 e. The molecule has 0 aliphatic heterocycles. The summed E-state index contributed by atoms with van der Waals surface area (Å²) in [5.74, 6) is 0.603. The Morgan fingerprint density at radius 1 is 1.33 bits per heavy atom. The number of hydrogen-bond donors (Lipinski definition) is 3. The number of benzene rings is 1. The molecule has 1 heterocycles. The van der Waals surface area contributed by atoms with E-state index in [-0.39, 0.29) is 18.0 Å². The third-order valence-electron chi connectivity index (χ3n) is 3.96. The van der Waals surface area contributed by atoms with E-state index in [1.165, 1.54) is 0 Å². The lowest BCUT2D eigenvalue weighted by Crippen LogP contribution is -2.34. The minimum absolute atomic E-state index is 0.120. The summed E-state index contributed by atoms with van der Waals surface area (Å²) in [6.45, 7) is 1.87. The molecule has 1 amide bonds. The predicted molar refractivity (Wildman–Crippen MR) is 81.8 cm³/mol. The predicted octanol–water partition coefficient (Wildman–Crippen LogP) is 1.99. The van der Waals surface area contributed by atoms with Crippen molar-refractivity contribution < 1.29 is 4.79 Å². The SMILES string of the molecule is Cc1[nH]c(-c2ccccc2)nc1C(=O)N[C@@H]1CC[C@@H](N)C1. The van der Waals surface area contributed by atoms with Crippen molar-refractivity contribution in [1.82, 2.24) is 15.3 Å². The molecular weight excluding hydrogens is 264 g/mol. The fourth-order valence-electron chi connectivity index (χ4n) is 2.82. The van der Waals surface area contributed by atoms with E-state index < -0.39 is 0 Å². The van der Waals surface area contributed by atoms with Crippen LogP contribution in [0.3, 0.4) is 0 Å². The van der Waals surface area contributed by atoms with E-state index in [1.807, 2.05) is 37.3 Å². The van der Waals surface area contributed by atoms with Gasteiger partial charge in [0.1, 0.15) is 11.5 Å². The lowest BCUT2D eigenvalue weighted by molar-refractivity contribution is 0.0932. The molecule has 1 aliphatic rings. The number of nitrogens with two attached hydrogens (primary N) is 1. The normalized spacial score (nSPS) is 21.4. The summed E-state index contributed by atoms with van der Waals surface area (Å²) in [5, 5.41) is 3.03. The smallest absolute Gasteiger partial charge is 0.271 e. The third-order valence-corrected chi connectivity index (χ3v) is 3.96. The number of amides is 1. The number of hydrogen-bond acceptors (Lipinski definition) is 3. The molecule has 0 radical (unpaired) electrons. The molecule has 1 saturated carbocycles. The highest BCUT2D eigenvalue weighted by molar-refractivity contribution is 5.94. The van der Waals surface area contributed by atoms with Gasteiger partial charge in [0, 0.05) is 23.3 Å². The Morgan fingerprint density at radius 3 is 2.76 bits per heavy atom. The number of rotatable bonds is 3. The van der Waals surface area contributed by atoms with E-state index in [0.29, 0.717) is 5.69 Å². The van der Waals surface area contributed by atoms with Crippen LogP contribution in [0.1, 0.15) is 35.4 Å². The summed E-state index contributed by atoms with van der Waals surface area (Å²) in [4.78, 5) is 20.0. The zero-order valence-electron chi connectivity index (χ0n) is 12.1. The first kappa shape index (κ1) is 13.8. The van der Waals surface area contributed by atoms with Crippen LogP contribution in [0.2, 0.25) is 0 Å². The molecule has 1 fully saturated rings. The van der Waals surface area contributed by atoms with E-state index in [0.717, 1.165) is 36.3 Å². The summed E-state index contributed by atoms with van der Waals surface area (Å²) in [7, 11) is 0. The number of H-pyrrole nitrogens is 1. The molecule has 5 heteroatoms. The van der Waals surface area contributed by atoms with Crippen LogP contribution >= 0.6 is 0 Å². The first-order valence-electron chi connectivity index (χ1n) is 7.32. The fraction of sp³-hybridized carbons (Fsp3) is 0.375. The second-order valence-corrected chi connectivity index (χ2v) is 5.67. The molecule has 4 N–H and O–H groups in total. The van der Waals surface area contributed by atoms with E-state index in [9.17, 15) is 4.79 Å². The van der Waals surface area contributed by atoms with Crippen molar-refractivity contribution in [2.45, 2.75) is 38.3 Å². The Balaban J connectivity index is 1.76. The van der Waals surface area contributed by atoms with Gasteiger partial charge in [-0.2, -0.15) is 0 Å². The van der Waals surface area contributed by atoms with Crippen molar-refractivity contribution >= 4 is 5.91 Å². The number of nitrogens with one attached hydrogen (secondary N) is 2. The van der Waals surface area contributed by atoms with Gasteiger partial charge in [0.05, 0.1) is 0 Å². The highest BCUT2D eigenvalue weighted by Crippen LogP contribution is 2.20. The summed E-state index contributed by atoms with van der Waals surface area (Å²) in [6.07, 6.45) is 2.77. The van der Waals surface area contributed by atoms with E-state index in [4.69, 9.17) is 5.73 Å². The van der Waals surface area contributed by atoms with Crippen molar-refractivity contribution in [2.75, 3.05) is 0 Å². The number of imidazole rings is 1. The Kier molecular flexibility index (Phi) is 3.75. The van der Waals surface area contributed by atoms with Crippen LogP contribution in [0, 0.1) is 6.92 Å². The topological polar surface area (TPSA) is 83.8 Å². The lowest BCUT2D eigenvalue weighted by Gasteiger charge is -2.11. The Labute approximate surface area is 124 Å². The average Bonchev–Trinajstić information content (AvgIpc) is 3.06. The first-order chi connectivity index (χ1) is 10.1. The molecule has 1 aromatic carbocycles. The number of nitrogens with zero attached hydrogens (tertiary/aromatic N) is 1. The van der Waals surface area contributed by atoms with Crippen LogP contribution < -0.4 is 11.1 Å². The molecule has 1 aromatic heterocycles. The van der Waals surface area contributed by atoms with Crippen LogP contribution in [0.15, 0.2) is 30.3 Å². The van der Waals surface area contributed by atoms with Crippen molar-refractivity contribution in [3.8, 4) is 11.4 Å². The van der Waals surface area contributed by atoms with Crippen molar-refractivity contribution in [2.24, 2.45) is 5.73 Å². The third kappa shape index (κ3) is 2.97. The van der Waals surface area contributed by atoms with Gasteiger partial charge in [-0.1, -0.05) is 30.3 Å². The molecule has 2 aromatic rings. The highest BCUT2D eigenvalue weighted by Gasteiger charge is 2.25. The summed E-state index contributed by atoms with van der Waals surface area (Å²) in [6, 6.07) is 10.2. The molecular formula is C16H20N4O. The van der Waals surface area contributed by atoms with Crippen LogP contribution in [-0.2, 0) is 0 Å². The number of aromatic amines is 1. The lowest BCUT2D eigenvalue weighted by atomic mass is 10.2. The molecule has 110 valence electrons. The van der Waals surface area contributed by atoms with Crippen LogP contribution in [-0.4, -0.2) is 28.0 Å². The van der Waals surface area contributed by atoms with Crippen LogP contribution in [0.5, 0.6) is 0 Å². The number of aryl methyl sites for hydroxylation is 1. The number of aromatic nitrogens is 2. The van der Waals surface area contributed by atoms with Crippen molar-refractivity contribution in [3.05, 3.63) is 41.7 Å². The summed E-state index contributed by atoms with van der Waals surface area (Å²) >= 11 is 0. The van der Waals surface area contributed by atoms with Gasteiger partial charge >= 0.3 is 0 Å². The zero-order valence-corrected chi connectivity index (χ0v) is 12.1. The van der Waals surface area contributed by atoms with Gasteiger partial charge in [-0.15, -0.1) is 0 Å². The molecule has 0 bridgehead atoms. The summed E-state index contributed by atoms with van der Waals surface area (Å²) in [5.41, 5.74) is 8.10. The minimum atomic E-state index is -0.120. The number of carbonyl (C=O) groups is 1. The molecule has 0 saturated heterocycles. The van der Waals surface area contributed by atoms with Gasteiger partial charge in [-0.25, -0.2) is 4.98 Å². The van der Waals surface area contributed by atoms with Crippen molar-refractivity contribution in [3.63, 3.8) is 0 Å². The molecule has 5 nitrogen and oxygen atoms in total. The molecule has 3 rings (SSSR count). The van der Waals surface area contributed by atoms with Crippen LogP contribution in [0.4, 0.5) is 0 Å². The van der Waals surface area contributed by atoms with Crippen molar-refractivity contribution in [1.29, 1.82) is 0 Å². The molecule has 0 unspecified atom stereocenters. The molecule has 1 aliphatic carbocycles. The number of carbonyl (C=O) groups excluding carboxylic acids is 1. The van der Waals surface area contributed by atoms with E-state index in [2.05, 4.69) is 15.3 Å². The Hall–Kier alpha value is -2.14. The second-order valence-electron chi connectivity index (χ2n) is 5.67. The second kappa shape index (κ2) is 5.69.